The largest absolute Gasteiger partial charge is 0.480 e. The summed E-state index contributed by atoms with van der Waals surface area (Å²) in [6.07, 6.45) is 1.59. The van der Waals surface area contributed by atoms with Crippen molar-refractivity contribution in [3.05, 3.63) is 29.8 Å². The van der Waals surface area contributed by atoms with Gasteiger partial charge in [-0.15, -0.1) is 0 Å². The molecule has 1 aliphatic rings. The fourth-order valence-corrected chi connectivity index (χ4v) is 3.85. The molecule has 1 amide bonds. The molecule has 9 heteroatoms. The van der Waals surface area contributed by atoms with Gasteiger partial charge in [-0.2, -0.15) is 4.72 Å². The predicted octanol–water partition coefficient (Wildman–Crippen LogP) is 1.08. The molecule has 0 aliphatic carbocycles. The quantitative estimate of drug-likeness (QED) is 0.693. The molecular formula is C17H24N2O6S. The fourth-order valence-electron chi connectivity index (χ4n) is 2.62. The van der Waals surface area contributed by atoms with E-state index >= 15 is 0 Å². The van der Waals surface area contributed by atoms with Crippen molar-refractivity contribution >= 4 is 21.9 Å². The Kier molecular flexibility index (Phi) is 7.13. The van der Waals surface area contributed by atoms with Crippen LogP contribution < -0.4 is 4.72 Å². The third-order valence-electron chi connectivity index (χ3n) is 4.15. The molecule has 144 valence electrons. The van der Waals surface area contributed by atoms with E-state index < -0.39 is 22.0 Å². The standard InChI is InChI=1S/C17H24N2O6S/c1-2-3-4-15(17(21)22)18-26(23,24)14-7-5-13(6-8-14)16(20)19-9-11-25-12-10-19/h5-8,15,18H,2-4,9-12H2,1H3,(H,21,22)/t15-/m0/s1. The lowest BCUT2D eigenvalue weighted by Gasteiger charge is -2.26. The normalized spacial score (nSPS) is 16.3. The molecular weight excluding hydrogens is 360 g/mol. The molecule has 0 saturated carbocycles. The first-order valence-electron chi connectivity index (χ1n) is 8.57. The molecule has 1 fully saturated rings. The van der Waals surface area contributed by atoms with E-state index in [0.29, 0.717) is 38.3 Å². The van der Waals surface area contributed by atoms with Crippen LogP contribution in [-0.2, 0) is 19.6 Å². The summed E-state index contributed by atoms with van der Waals surface area (Å²) in [6.45, 7) is 3.86. The van der Waals surface area contributed by atoms with E-state index in [1.807, 2.05) is 6.92 Å². The summed E-state index contributed by atoms with van der Waals surface area (Å²) in [6, 6.07) is 4.33. The Morgan fingerprint density at radius 3 is 2.38 bits per heavy atom. The van der Waals surface area contributed by atoms with Crippen LogP contribution in [0.5, 0.6) is 0 Å². The van der Waals surface area contributed by atoms with Crippen LogP contribution in [0, 0.1) is 0 Å². The minimum atomic E-state index is -3.98. The molecule has 8 nitrogen and oxygen atoms in total. The first-order chi connectivity index (χ1) is 12.3. The van der Waals surface area contributed by atoms with Gasteiger partial charge in [0, 0.05) is 18.7 Å². The minimum absolute atomic E-state index is 0.0706. The first-order valence-corrected chi connectivity index (χ1v) is 10.1. The number of hydrogen-bond donors (Lipinski definition) is 2. The van der Waals surface area contributed by atoms with Crippen LogP contribution in [0.3, 0.4) is 0 Å². The van der Waals surface area contributed by atoms with Crippen LogP contribution in [0.4, 0.5) is 0 Å². The van der Waals surface area contributed by atoms with Gasteiger partial charge in [-0.3, -0.25) is 9.59 Å². The SMILES string of the molecule is CCCC[C@H](NS(=O)(=O)c1ccc(C(=O)N2CCOCC2)cc1)C(=O)O. The molecule has 0 unspecified atom stereocenters. The molecule has 1 atom stereocenters. The second-order valence-electron chi connectivity index (χ2n) is 6.08. The minimum Gasteiger partial charge on any atom is -0.480 e. The highest BCUT2D eigenvalue weighted by Gasteiger charge is 2.25. The topological polar surface area (TPSA) is 113 Å². The number of sulfonamides is 1. The van der Waals surface area contributed by atoms with Crippen LogP contribution in [0.2, 0.25) is 0 Å². The number of carboxylic acids is 1. The van der Waals surface area contributed by atoms with Crippen molar-refractivity contribution in [1.82, 2.24) is 9.62 Å². The maximum Gasteiger partial charge on any atom is 0.321 e. The smallest absolute Gasteiger partial charge is 0.321 e. The summed E-state index contributed by atoms with van der Waals surface area (Å²) in [4.78, 5) is 25.2. The van der Waals surface area contributed by atoms with Gasteiger partial charge in [0.2, 0.25) is 10.0 Å². The van der Waals surface area contributed by atoms with Gasteiger partial charge in [0.15, 0.2) is 0 Å². The van der Waals surface area contributed by atoms with Crippen molar-refractivity contribution < 1.29 is 27.9 Å². The summed E-state index contributed by atoms with van der Waals surface area (Å²) >= 11 is 0. The summed E-state index contributed by atoms with van der Waals surface area (Å²) in [5.41, 5.74) is 0.381. The average Bonchev–Trinajstić information content (AvgIpc) is 2.65. The van der Waals surface area contributed by atoms with E-state index in [9.17, 15) is 23.1 Å². The Morgan fingerprint density at radius 1 is 1.23 bits per heavy atom. The molecule has 0 bridgehead atoms. The number of morpholine rings is 1. The molecule has 1 heterocycles. The number of ether oxygens (including phenoxy) is 1. The maximum atomic E-state index is 12.4. The number of carboxylic acid groups (broad SMARTS) is 1. The monoisotopic (exact) mass is 384 g/mol. The number of unbranched alkanes of at least 4 members (excludes halogenated alkanes) is 1. The second-order valence-corrected chi connectivity index (χ2v) is 7.80. The number of carbonyl (C=O) groups excluding carboxylic acids is 1. The number of nitrogens with zero attached hydrogens (tertiary/aromatic N) is 1. The van der Waals surface area contributed by atoms with Gasteiger partial charge in [-0.25, -0.2) is 8.42 Å². The second kappa shape index (κ2) is 9.11. The highest BCUT2D eigenvalue weighted by atomic mass is 32.2. The van der Waals surface area contributed by atoms with Gasteiger partial charge in [0.25, 0.3) is 5.91 Å². The molecule has 26 heavy (non-hydrogen) atoms. The van der Waals surface area contributed by atoms with Gasteiger partial charge >= 0.3 is 5.97 Å². The van der Waals surface area contributed by atoms with Gasteiger partial charge in [-0.1, -0.05) is 19.8 Å². The zero-order valence-corrected chi connectivity index (χ0v) is 15.5. The maximum absolute atomic E-state index is 12.4. The summed E-state index contributed by atoms with van der Waals surface area (Å²) in [7, 11) is -3.98. The Balaban J connectivity index is 2.10. The molecule has 0 aromatic heterocycles. The first kappa shape index (κ1) is 20.3. The van der Waals surface area contributed by atoms with E-state index in [2.05, 4.69) is 4.72 Å². The molecule has 1 aliphatic heterocycles. The molecule has 2 N–H and O–H groups in total. The van der Waals surface area contributed by atoms with Crippen molar-refractivity contribution in [1.29, 1.82) is 0 Å². The highest BCUT2D eigenvalue weighted by molar-refractivity contribution is 7.89. The molecule has 1 aromatic rings. The van der Waals surface area contributed by atoms with Crippen LogP contribution in [0.25, 0.3) is 0 Å². The van der Waals surface area contributed by atoms with Crippen molar-refractivity contribution in [3.63, 3.8) is 0 Å². The van der Waals surface area contributed by atoms with Gasteiger partial charge in [0.1, 0.15) is 6.04 Å². The fraction of sp³-hybridized carbons (Fsp3) is 0.529. The van der Waals surface area contributed by atoms with E-state index in [1.165, 1.54) is 24.3 Å². The summed E-state index contributed by atoms with van der Waals surface area (Å²) in [5.74, 6) is -1.39. The molecule has 0 spiro atoms. The van der Waals surface area contributed by atoms with E-state index in [0.717, 1.165) is 6.42 Å². The average molecular weight is 384 g/mol. The van der Waals surface area contributed by atoms with E-state index in [4.69, 9.17) is 4.74 Å². The number of hydrogen-bond acceptors (Lipinski definition) is 5. The Labute approximate surface area is 153 Å². The number of amides is 1. The Morgan fingerprint density at radius 2 is 1.85 bits per heavy atom. The third kappa shape index (κ3) is 5.26. The lowest BCUT2D eigenvalue weighted by atomic mass is 10.1. The van der Waals surface area contributed by atoms with Crippen molar-refractivity contribution in [3.8, 4) is 0 Å². The van der Waals surface area contributed by atoms with Crippen molar-refractivity contribution in [2.75, 3.05) is 26.3 Å². The van der Waals surface area contributed by atoms with Crippen LogP contribution in [0.15, 0.2) is 29.2 Å². The Bertz CT molecular complexity index is 726. The van der Waals surface area contributed by atoms with Crippen LogP contribution in [0.1, 0.15) is 36.5 Å². The van der Waals surface area contributed by atoms with Crippen molar-refractivity contribution in [2.24, 2.45) is 0 Å². The summed E-state index contributed by atoms with van der Waals surface area (Å²) < 4.78 is 32.2. The molecule has 2 rings (SSSR count). The lowest BCUT2D eigenvalue weighted by Crippen LogP contribution is -2.41. The van der Waals surface area contributed by atoms with Gasteiger partial charge in [0.05, 0.1) is 18.1 Å². The van der Waals surface area contributed by atoms with E-state index in [-0.39, 0.29) is 17.2 Å². The van der Waals surface area contributed by atoms with Crippen molar-refractivity contribution in [2.45, 2.75) is 37.1 Å². The van der Waals surface area contributed by atoms with Crippen LogP contribution >= 0.6 is 0 Å². The number of nitrogens with one attached hydrogen (secondary N) is 1. The number of carbonyl (C=O) groups is 2. The van der Waals surface area contributed by atoms with Gasteiger partial charge in [-0.05, 0) is 30.7 Å². The Hall–Kier alpha value is -1.97. The third-order valence-corrected chi connectivity index (χ3v) is 5.64. The lowest BCUT2D eigenvalue weighted by molar-refractivity contribution is -0.139. The highest BCUT2D eigenvalue weighted by Crippen LogP contribution is 2.15. The number of aliphatic carboxylic acids is 1. The van der Waals surface area contributed by atoms with Crippen LogP contribution in [-0.4, -0.2) is 62.6 Å². The zero-order chi connectivity index (χ0) is 19.2. The van der Waals surface area contributed by atoms with Gasteiger partial charge < -0.3 is 14.7 Å². The molecule has 1 aromatic carbocycles. The number of rotatable bonds is 8. The molecule has 0 radical (unpaired) electrons. The summed E-state index contributed by atoms with van der Waals surface area (Å²) in [5, 5.41) is 9.18. The number of benzene rings is 1. The predicted molar refractivity (Wildman–Crippen MR) is 94.4 cm³/mol. The molecule has 1 saturated heterocycles. The van der Waals surface area contributed by atoms with E-state index in [1.54, 1.807) is 4.90 Å². The zero-order valence-electron chi connectivity index (χ0n) is 14.7.